The monoisotopic (exact) mass is 606 g/mol. The van der Waals surface area contributed by atoms with Crippen molar-refractivity contribution >= 4 is 17.9 Å². The molecule has 10 atom stereocenters. The third-order valence-corrected chi connectivity index (χ3v) is 10.5. The van der Waals surface area contributed by atoms with Crippen LogP contribution in [0.25, 0.3) is 0 Å². The number of hydrogen-bond acceptors (Lipinski definition) is 8. The van der Waals surface area contributed by atoms with Gasteiger partial charge in [-0.15, -0.1) is 0 Å². The van der Waals surface area contributed by atoms with Crippen molar-refractivity contribution in [3.8, 4) is 0 Å². The molecule has 8 heteroatoms. The number of rotatable bonds is 12. The molecule has 3 aliphatic rings. The van der Waals surface area contributed by atoms with Crippen LogP contribution in [-0.4, -0.2) is 60.1 Å². The molecule has 246 valence electrons. The van der Waals surface area contributed by atoms with Gasteiger partial charge in [0.15, 0.2) is 6.10 Å². The van der Waals surface area contributed by atoms with Crippen LogP contribution in [0.4, 0.5) is 0 Å². The van der Waals surface area contributed by atoms with Crippen LogP contribution in [0.2, 0.25) is 0 Å². The van der Waals surface area contributed by atoms with E-state index in [1.54, 1.807) is 0 Å². The number of carbonyl (C=O) groups excluding carboxylic acids is 3. The van der Waals surface area contributed by atoms with Crippen molar-refractivity contribution in [2.45, 2.75) is 145 Å². The summed E-state index contributed by atoms with van der Waals surface area (Å²) in [6.07, 6.45) is 2.64. The minimum Gasteiger partial charge on any atom is -0.462 e. The molecule has 0 aromatic heterocycles. The number of fused-ring (bicyclic) bond motifs is 3. The molecule has 0 aromatic carbocycles. The fraction of sp³-hybridized carbons (Fsp3) is 0.857. The first kappa shape index (κ1) is 35.5. The van der Waals surface area contributed by atoms with Crippen molar-refractivity contribution < 1.29 is 38.4 Å². The first-order valence-electron chi connectivity index (χ1n) is 16.6. The second-order valence-electron chi connectivity index (χ2n) is 14.7. The zero-order chi connectivity index (χ0) is 32.3. The van der Waals surface area contributed by atoms with Crippen molar-refractivity contribution in [1.29, 1.82) is 0 Å². The van der Waals surface area contributed by atoms with E-state index in [9.17, 15) is 19.5 Å². The Kier molecular flexibility index (Phi) is 11.9. The summed E-state index contributed by atoms with van der Waals surface area (Å²) >= 11 is 0. The second kappa shape index (κ2) is 14.4. The van der Waals surface area contributed by atoms with Crippen LogP contribution >= 0.6 is 0 Å². The lowest BCUT2D eigenvalue weighted by Gasteiger charge is -2.58. The minimum atomic E-state index is -1.13. The van der Waals surface area contributed by atoms with Crippen LogP contribution in [0.1, 0.15) is 114 Å². The Bertz CT molecular complexity index is 1020. The van der Waals surface area contributed by atoms with Crippen LogP contribution in [-0.2, 0) is 33.3 Å². The van der Waals surface area contributed by atoms with Crippen molar-refractivity contribution in [1.82, 2.24) is 0 Å². The van der Waals surface area contributed by atoms with Gasteiger partial charge in [0.05, 0.1) is 6.10 Å². The van der Waals surface area contributed by atoms with Gasteiger partial charge in [-0.3, -0.25) is 14.4 Å². The van der Waals surface area contributed by atoms with E-state index in [1.807, 2.05) is 20.8 Å². The summed E-state index contributed by atoms with van der Waals surface area (Å²) in [5, 5.41) is 11.6. The molecule has 3 aliphatic carbocycles. The predicted octanol–water partition coefficient (Wildman–Crippen LogP) is 6.42. The van der Waals surface area contributed by atoms with Crippen molar-refractivity contribution in [2.75, 3.05) is 6.61 Å². The molecule has 43 heavy (non-hydrogen) atoms. The Morgan fingerprint density at radius 3 is 2.09 bits per heavy atom. The normalized spacial score (nSPS) is 37.3. The number of ether oxygens (including phenoxy) is 4. The maximum atomic E-state index is 13.1. The highest BCUT2D eigenvalue weighted by molar-refractivity contribution is 5.70. The molecular weight excluding hydrogens is 548 g/mol. The van der Waals surface area contributed by atoms with Gasteiger partial charge in [0.2, 0.25) is 0 Å². The number of aliphatic hydroxyl groups is 1. The molecule has 0 heterocycles. The molecule has 0 saturated heterocycles. The third kappa shape index (κ3) is 7.49. The third-order valence-electron chi connectivity index (χ3n) is 10.5. The van der Waals surface area contributed by atoms with Gasteiger partial charge in [0.25, 0.3) is 0 Å². The number of hydrogen-bond donors (Lipinski definition) is 1. The quantitative estimate of drug-likeness (QED) is 0.154. The maximum Gasteiger partial charge on any atom is 0.306 e. The van der Waals surface area contributed by atoms with E-state index < -0.39 is 29.7 Å². The Morgan fingerprint density at radius 2 is 1.56 bits per heavy atom. The summed E-state index contributed by atoms with van der Waals surface area (Å²) in [6.45, 7) is 20.7. The summed E-state index contributed by atoms with van der Waals surface area (Å²) < 4.78 is 25.1. The average Bonchev–Trinajstić information content (AvgIpc) is 3.17. The molecule has 0 spiro atoms. The smallest absolute Gasteiger partial charge is 0.306 e. The number of carbonyl (C=O) groups is 3. The molecule has 8 nitrogen and oxygen atoms in total. The van der Waals surface area contributed by atoms with E-state index >= 15 is 0 Å². The highest BCUT2D eigenvalue weighted by atomic mass is 16.6. The first-order chi connectivity index (χ1) is 20.1. The van der Waals surface area contributed by atoms with Crippen LogP contribution in [0.3, 0.4) is 0 Å². The summed E-state index contributed by atoms with van der Waals surface area (Å²) in [7, 11) is 0. The first-order valence-corrected chi connectivity index (χ1v) is 16.6. The summed E-state index contributed by atoms with van der Waals surface area (Å²) in [5.74, 6) is -0.559. The van der Waals surface area contributed by atoms with Gasteiger partial charge in [-0.05, 0) is 68.3 Å². The van der Waals surface area contributed by atoms with Crippen LogP contribution in [0.15, 0.2) is 11.6 Å². The SMILES string of the molecule is CCCC(=O)O[C@H]1C[C@]2(C)[C@H]([C@H]1C(C)C)[C@H]1C=C(C)[C@H](O)[C@H](OC(C)=O)[C@@H](OC(=O)CCC)[C@]1(C)C[C@@H]2OCCC(C)C. The number of allylic oxidation sites excluding steroid dienone is 1. The van der Waals surface area contributed by atoms with Gasteiger partial charge < -0.3 is 24.1 Å². The minimum absolute atomic E-state index is 0.000307. The van der Waals surface area contributed by atoms with E-state index in [1.165, 1.54) is 6.92 Å². The fourth-order valence-electron chi connectivity index (χ4n) is 8.35. The standard InChI is InChI=1S/C35H58O8/c1-11-13-27(37)42-25-18-35(10)26(40-16-15-20(3)4)19-34(9)24(30(35)29(25)21(5)6)17-22(7)31(39)32(41-23(8)36)33(34)43-28(38)14-12-2/h17,20-21,24-26,29-33,39H,11-16,18-19H2,1-10H3/t24-,25+,26+,29+,30+,31+,32+,33-,34-,35+/m1/s1. The van der Waals surface area contributed by atoms with Gasteiger partial charge in [0.1, 0.15) is 18.3 Å². The highest BCUT2D eigenvalue weighted by Gasteiger charge is 2.68. The van der Waals surface area contributed by atoms with E-state index in [2.05, 4.69) is 47.6 Å². The van der Waals surface area contributed by atoms with Crippen LogP contribution in [0.5, 0.6) is 0 Å². The Hall–Kier alpha value is -1.93. The summed E-state index contributed by atoms with van der Waals surface area (Å²) in [5.41, 5.74) is -0.384. The molecule has 3 rings (SSSR count). The van der Waals surface area contributed by atoms with Gasteiger partial charge in [-0.1, -0.05) is 61.5 Å². The number of esters is 3. The summed E-state index contributed by atoms with van der Waals surface area (Å²) in [4.78, 5) is 38.4. The lowest BCUT2D eigenvalue weighted by atomic mass is 9.49. The van der Waals surface area contributed by atoms with E-state index in [0.29, 0.717) is 43.8 Å². The van der Waals surface area contributed by atoms with E-state index in [-0.39, 0.29) is 59.7 Å². The average molecular weight is 607 g/mol. The van der Waals surface area contributed by atoms with Gasteiger partial charge in [-0.25, -0.2) is 0 Å². The molecular formula is C35H58O8. The highest BCUT2D eigenvalue weighted by Crippen LogP contribution is 2.67. The van der Waals surface area contributed by atoms with Crippen molar-refractivity contribution in [3.63, 3.8) is 0 Å². The zero-order valence-corrected chi connectivity index (χ0v) is 28.3. The Labute approximate surface area is 259 Å². The zero-order valence-electron chi connectivity index (χ0n) is 28.3. The Morgan fingerprint density at radius 1 is 0.953 bits per heavy atom. The van der Waals surface area contributed by atoms with Crippen molar-refractivity contribution in [2.24, 2.45) is 40.4 Å². The molecule has 0 bridgehead atoms. The molecule has 2 fully saturated rings. The molecule has 0 radical (unpaired) electrons. The topological polar surface area (TPSA) is 108 Å². The molecule has 0 amide bonds. The molecule has 0 aliphatic heterocycles. The molecule has 0 aromatic rings. The van der Waals surface area contributed by atoms with Gasteiger partial charge in [-0.2, -0.15) is 0 Å². The van der Waals surface area contributed by atoms with Gasteiger partial charge >= 0.3 is 17.9 Å². The summed E-state index contributed by atoms with van der Waals surface area (Å²) in [6, 6.07) is 0. The van der Waals surface area contributed by atoms with Gasteiger partial charge in [0, 0.05) is 43.1 Å². The lowest BCUT2D eigenvalue weighted by molar-refractivity contribution is -0.215. The van der Waals surface area contributed by atoms with E-state index in [0.717, 1.165) is 12.8 Å². The lowest BCUT2D eigenvalue weighted by Crippen LogP contribution is -2.61. The number of aliphatic hydroxyl groups excluding tert-OH is 1. The van der Waals surface area contributed by atoms with Crippen LogP contribution < -0.4 is 0 Å². The van der Waals surface area contributed by atoms with Crippen LogP contribution in [0, 0.1) is 40.4 Å². The maximum absolute atomic E-state index is 13.1. The predicted molar refractivity (Wildman–Crippen MR) is 165 cm³/mol. The Balaban J connectivity index is 2.23. The van der Waals surface area contributed by atoms with Crippen molar-refractivity contribution in [3.05, 3.63) is 11.6 Å². The molecule has 2 saturated carbocycles. The fourth-order valence-corrected chi connectivity index (χ4v) is 8.35. The van der Waals surface area contributed by atoms with E-state index in [4.69, 9.17) is 18.9 Å². The largest absolute Gasteiger partial charge is 0.462 e. The molecule has 1 N–H and O–H groups in total. The molecule has 0 unspecified atom stereocenters. The second-order valence-corrected chi connectivity index (χ2v) is 14.7.